The molecule has 4 heterocycles. The van der Waals surface area contributed by atoms with E-state index in [-0.39, 0.29) is 18.3 Å². The van der Waals surface area contributed by atoms with Gasteiger partial charge in [-0.15, -0.1) is 0 Å². The molecule has 3 aromatic heterocycles. The van der Waals surface area contributed by atoms with Gasteiger partial charge in [0.05, 0.1) is 35.2 Å². The van der Waals surface area contributed by atoms with Crippen LogP contribution in [-0.4, -0.2) is 37.1 Å². The Morgan fingerprint density at radius 3 is 2.65 bits per heavy atom. The molecule has 2 aromatic carbocycles. The fourth-order valence-corrected chi connectivity index (χ4v) is 4.80. The van der Waals surface area contributed by atoms with E-state index < -0.39 is 17.8 Å². The standard InChI is InChI=1S/C25H20F3N7O2/c1-33-11-15(9-30-33)35(20-12-37-21-8-14(25(26,27)28)4-5-16(20)21)24(36)13-3-6-19-17(7-13)18-10-31-34(2)22(18)23(29)32-19/h3-11,20H,12H2,1-2H3,(H2,29,32)/t20-/m0/s1. The molecule has 1 aliphatic heterocycles. The SMILES string of the molecule is Cn1cc(N(C(=O)c2ccc3nc(N)c4c(cnn4C)c3c2)[C@H]2COc3cc(C(F)(F)F)ccc32)cn1. The third kappa shape index (κ3) is 3.63. The van der Waals surface area contributed by atoms with Crippen LogP contribution in [0.5, 0.6) is 5.75 Å². The Morgan fingerprint density at radius 2 is 1.92 bits per heavy atom. The quantitative estimate of drug-likeness (QED) is 0.392. The van der Waals surface area contributed by atoms with Crippen molar-refractivity contribution in [3.05, 3.63) is 71.7 Å². The first kappa shape index (κ1) is 22.8. The average molecular weight is 507 g/mol. The van der Waals surface area contributed by atoms with Crippen LogP contribution in [0.2, 0.25) is 0 Å². The Morgan fingerprint density at radius 1 is 1.11 bits per heavy atom. The number of carbonyl (C=O) groups is 1. The van der Waals surface area contributed by atoms with Gasteiger partial charge in [0.2, 0.25) is 0 Å². The molecule has 12 heteroatoms. The molecule has 0 bridgehead atoms. The second-order valence-electron chi connectivity index (χ2n) is 8.88. The van der Waals surface area contributed by atoms with Crippen LogP contribution in [0.25, 0.3) is 21.8 Å². The molecule has 2 N–H and O–H groups in total. The summed E-state index contributed by atoms with van der Waals surface area (Å²) >= 11 is 0. The fourth-order valence-electron chi connectivity index (χ4n) is 4.80. The number of halogens is 3. The maximum absolute atomic E-state index is 14.0. The minimum absolute atomic E-state index is 0.00417. The van der Waals surface area contributed by atoms with Gasteiger partial charge in [-0.2, -0.15) is 23.4 Å². The number of benzene rings is 2. The van der Waals surface area contributed by atoms with E-state index in [1.54, 1.807) is 54.1 Å². The number of nitrogens with zero attached hydrogens (tertiary/aromatic N) is 6. The van der Waals surface area contributed by atoms with E-state index in [9.17, 15) is 18.0 Å². The van der Waals surface area contributed by atoms with E-state index in [1.807, 2.05) is 0 Å². The molecule has 0 spiro atoms. The summed E-state index contributed by atoms with van der Waals surface area (Å²) in [4.78, 5) is 20.0. The number of ether oxygens (including phenoxy) is 1. The van der Waals surface area contributed by atoms with E-state index in [0.717, 1.165) is 17.5 Å². The highest BCUT2D eigenvalue weighted by atomic mass is 19.4. The van der Waals surface area contributed by atoms with Gasteiger partial charge in [0.15, 0.2) is 0 Å². The summed E-state index contributed by atoms with van der Waals surface area (Å²) in [6, 6.07) is 7.74. The lowest BCUT2D eigenvalue weighted by atomic mass is 10.0. The molecule has 0 unspecified atom stereocenters. The Balaban J connectivity index is 1.47. The molecule has 0 saturated heterocycles. The van der Waals surface area contributed by atoms with E-state index in [0.29, 0.717) is 39.1 Å². The minimum atomic E-state index is -4.50. The lowest BCUT2D eigenvalue weighted by Gasteiger charge is -2.27. The number of pyridine rings is 1. The molecular formula is C25H20F3N7O2. The van der Waals surface area contributed by atoms with Gasteiger partial charge in [0, 0.05) is 42.2 Å². The number of carbonyl (C=O) groups excluding carboxylic acids is 1. The fraction of sp³-hybridized carbons (Fsp3) is 0.200. The second-order valence-corrected chi connectivity index (χ2v) is 8.88. The topological polar surface area (TPSA) is 104 Å². The number of aryl methyl sites for hydroxylation is 2. The summed E-state index contributed by atoms with van der Waals surface area (Å²) in [7, 11) is 3.47. The van der Waals surface area contributed by atoms with Gasteiger partial charge >= 0.3 is 6.18 Å². The number of fused-ring (bicyclic) bond motifs is 4. The van der Waals surface area contributed by atoms with Crippen LogP contribution < -0.4 is 15.4 Å². The molecule has 1 amide bonds. The first-order valence-electron chi connectivity index (χ1n) is 11.3. The van der Waals surface area contributed by atoms with Gasteiger partial charge in [-0.05, 0) is 30.3 Å². The second kappa shape index (κ2) is 7.95. The number of nitrogen functional groups attached to an aromatic ring is 1. The van der Waals surface area contributed by atoms with Crippen LogP contribution in [0.3, 0.4) is 0 Å². The summed E-state index contributed by atoms with van der Waals surface area (Å²) < 4.78 is 48.5. The number of alkyl halides is 3. The highest BCUT2D eigenvalue weighted by Crippen LogP contribution is 2.42. The van der Waals surface area contributed by atoms with Crippen LogP contribution in [0.15, 0.2) is 55.0 Å². The van der Waals surface area contributed by atoms with Crippen molar-refractivity contribution >= 4 is 39.2 Å². The molecule has 0 radical (unpaired) electrons. The van der Waals surface area contributed by atoms with Gasteiger partial charge in [0.25, 0.3) is 5.91 Å². The number of hydrogen-bond acceptors (Lipinski definition) is 6. The molecule has 9 nitrogen and oxygen atoms in total. The maximum Gasteiger partial charge on any atom is 0.416 e. The Bertz CT molecular complexity index is 1710. The zero-order valence-electron chi connectivity index (χ0n) is 19.7. The summed E-state index contributed by atoms with van der Waals surface area (Å²) in [6.07, 6.45) is 0.364. The molecular weight excluding hydrogens is 487 g/mol. The van der Waals surface area contributed by atoms with Gasteiger partial charge in [-0.25, -0.2) is 4.98 Å². The largest absolute Gasteiger partial charge is 0.491 e. The monoisotopic (exact) mass is 507 g/mol. The molecule has 37 heavy (non-hydrogen) atoms. The van der Waals surface area contributed by atoms with Crippen LogP contribution in [0, 0.1) is 0 Å². The normalized spacial score (nSPS) is 15.2. The first-order chi connectivity index (χ1) is 17.6. The molecule has 5 aromatic rings. The number of aromatic nitrogens is 5. The number of hydrogen-bond donors (Lipinski definition) is 1. The predicted molar refractivity (Wildman–Crippen MR) is 130 cm³/mol. The van der Waals surface area contributed by atoms with Gasteiger partial charge in [0.1, 0.15) is 23.7 Å². The Kier molecular flexibility index (Phi) is 4.90. The van der Waals surface area contributed by atoms with Crippen molar-refractivity contribution in [2.45, 2.75) is 12.2 Å². The average Bonchev–Trinajstić information content (AvgIpc) is 3.58. The molecule has 0 saturated carbocycles. The van der Waals surface area contributed by atoms with E-state index in [1.165, 1.54) is 17.2 Å². The zero-order valence-corrected chi connectivity index (χ0v) is 19.7. The Labute approximate surface area is 207 Å². The van der Waals surface area contributed by atoms with Gasteiger partial charge in [-0.3, -0.25) is 19.1 Å². The molecule has 1 atom stereocenters. The van der Waals surface area contributed by atoms with Crippen molar-refractivity contribution < 1.29 is 22.7 Å². The number of rotatable bonds is 3. The highest BCUT2D eigenvalue weighted by molar-refractivity contribution is 6.13. The van der Waals surface area contributed by atoms with Crippen LogP contribution in [-0.2, 0) is 20.3 Å². The van der Waals surface area contributed by atoms with Crippen molar-refractivity contribution in [3.8, 4) is 5.75 Å². The van der Waals surface area contributed by atoms with E-state index >= 15 is 0 Å². The molecule has 1 aliphatic rings. The van der Waals surface area contributed by atoms with Gasteiger partial charge < -0.3 is 10.5 Å². The van der Waals surface area contributed by atoms with Crippen LogP contribution >= 0.6 is 0 Å². The molecule has 0 aliphatic carbocycles. The number of amides is 1. The highest BCUT2D eigenvalue weighted by Gasteiger charge is 2.38. The first-order valence-corrected chi connectivity index (χ1v) is 11.3. The zero-order chi connectivity index (χ0) is 26.1. The van der Waals surface area contributed by atoms with Crippen molar-refractivity contribution in [1.29, 1.82) is 0 Å². The van der Waals surface area contributed by atoms with Gasteiger partial charge in [-0.1, -0.05) is 6.07 Å². The number of anilines is 2. The smallest absolute Gasteiger partial charge is 0.416 e. The minimum Gasteiger partial charge on any atom is -0.491 e. The molecule has 188 valence electrons. The summed E-state index contributed by atoms with van der Waals surface area (Å²) in [6.45, 7) is -0.00417. The molecule has 6 rings (SSSR count). The Hall–Kier alpha value is -4.61. The summed E-state index contributed by atoms with van der Waals surface area (Å²) in [5, 5.41) is 9.91. The maximum atomic E-state index is 14.0. The number of nitrogens with two attached hydrogens (primary N) is 1. The third-order valence-corrected chi connectivity index (χ3v) is 6.55. The van der Waals surface area contributed by atoms with Crippen LogP contribution in [0.1, 0.15) is 27.5 Å². The van der Waals surface area contributed by atoms with Crippen molar-refractivity contribution in [3.63, 3.8) is 0 Å². The predicted octanol–water partition coefficient (Wildman–Crippen LogP) is 4.24. The summed E-state index contributed by atoms with van der Waals surface area (Å²) in [5.74, 6) is 0.0541. The lowest BCUT2D eigenvalue weighted by molar-refractivity contribution is -0.137. The van der Waals surface area contributed by atoms with Crippen molar-refractivity contribution in [1.82, 2.24) is 24.5 Å². The van der Waals surface area contributed by atoms with E-state index in [2.05, 4.69) is 15.2 Å². The lowest BCUT2D eigenvalue weighted by Crippen LogP contribution is -2.35. The molecule has 0 fully saturated rings. The van der Waals surface area contributed by atoms with Crippen molar-refractivity contribution in [2.75, 3.05) is 17.2 Å². The van der Waals surface area contributed by atoms with E-state index in [4.69, 9.17) is 10.5 Å². The summed E-state index contributed by atoms with van der Waals surface area (Å²) in [5.41, 5.74) is 7.88. The third-order valence-electron chi connectivity index (χ3n) is 6.55. The van der Waals surface area contributed by atoms with Crippen molar-refractivity contribution in [2.24, 2.45) is 14.1 Å². The van der Waals surface area contributed by atoms with Crippen LogP contribution in [0.4, 0.5) is 24.7 Å².